The quantitative estimate of drug-likeness (QED) is 0.380. The second kappa shape index (κ2) is 9.59. The number of piperidine rings is 1. The van der Waals surface area contributed by atoms with E-state index in [2.05, 4.69) is 46.9 Å². The lowest BCUT2D eigenvalue weighted by molar-refractivity contribution is 0.522. The van der Waals surface area contributed by atoms with E-state index in [-0.39, 0.29) is 6.04 Å². The molecule has 3 aromatic heterocycles. The molecule has 2 N–H and O–H groups in total. The van der Waals surface area contributed by atoms with Crippen molar-refractivity contribution < 1.29 is 0 Å². The number of anilines is 4. The van der Waals surface area contributed by atoms with E-state index in [1.807, 2.05) is 28.9 Å². The van der Waals surface area contributed by atoms with Gasteiger partial charge in [0.25, 0.3) is 0 Å². The van der Waals surface area contributed by atoms with Gasteiger partial charge in [-0.05, 0) is 61.9 Å². The second-order valence-electron chi connectivity index (χ2n) is 9.36. The van der Waals surface area contributed by atoms with Crippen molar-refractivity contribution in [1.82, 2.24) is 29.9 Å². The van der Waals surface area contributed by atoms with Gasteiger partial charge in [0, 0.05) is 37.6 Å². The Labute approximate surface area is 213 Å². The zero-order valence-corrected chi connectivity index (χ0v) is 20.4. The zero-order valence-electron chi connectivity index (χ0n) is 19.6. The Balaban J connectivity index is 1.09. The summed E-state index contributed by atoms with van der Waals surface area (Å²) in [5.41, 5.74) is 3.29. The number of hydrogen-bond acceptors (Lipinski definition) is 9. The third kappa shape index (κ3) is 4.88. The molecule has 0 spiro atoms. The van der Waals surface area contributed by atoms with Crippen LogP contribution < -0.4 is 15.5 Å². The predicted octanol–water partition coefficient (Wildman–Crippen LogP) is 4.38. The van der Waals surface area contributed by atoms with Crippen LogP contribution in [0.2, 0.25) is 5.02 Å². The van der Waals surface area contributed by atoms with Gasteiger partial charge in [-0.2, -0.15) is 10.2 Å². The average Bonchev–Trinajstić information content (AvgIpc) is 3.65. The van der Waals surface area contributed by atoms with Crippen molar-refractivity contribution in [3.63, 3.8) is 0 Å². The summed E-state index contributed by atoms with van der Waals surface area (Å²) in [7, 11) is 0. The Morgan fingerprint density at radius 2 is 1.92 bits per heavy atom. The highest BCUT2D eigenvalue weighted by Gasteiger charge is 2.23. The minimum absolute atomic E-state index is 0.234. The van der Waals surface area contributed by atoms with Gasteiger partial charge in [-0.15, -0.1) is 5.10 Å². The van der Waals surface area contributed by atoms with Gasteiger partial charge in [0.15, 0.2) is 5.82 Å². The molecular formula is C25H25ClN10. The Hall–Kier alpha value is -3.97. The zero-order chi connectivity index (χ0) is 24.5. The highest BCUT2D eigenvalue weighted by Crippen LogP contribution is 2.32. The van der Waals surface area contributed by atoms with Crippen molar-refractivity contribution in [2.45, 2.75) is 38.3 Å². The van der Waals surface area contributed by atoms with E-state index in [4.69, 9.17) is 16.9 Å². The first-order valence-corrected chi connectivity index (χ1v) is 12.5. The minimum atomic E-state index is 0.234. The molecule has 1 aromatic carbocycles. The van der Waals surface area contributed by atoms with E-state index in [0.717, 1.165) is 60.9 Å². The van der Waals surface area contributed by atoms with Gasteiger partial charge in [-0.1, -0.05) is 16.8 Å². The van der Waals surface area contributed by atoms with Crippen LogP contribution in [0.15, 0.2) is 42.7 Å². The fraction of sp³-hybridized carbons (Fsp3) is 0.360. The SMILES string of the molecule is N#Cc1ccc(N2CCC(Nc3nc(Nc4ccc5c(c4)nnn5CC4CC4)ncc3Cl)CC2)nc1. The fourth-order valence-corrected chi connectivity index (χ4v) is 4.62. The van der Waals surface area contributed by atoms with Crippen molar-refractivity contribution >= 4 is 45.9 Å². The van der Waals surface area contributed by atoms with Gasteiger partial charge in [0.2, 0.25) is 5.95 Å². The van der Waals surface area contributed by atoms with Crippen molar-refractivity contribution in [2.75, 3.05) is 28.6 Å². The van der Waals surface area contributed by atoms with Crippen LogP contribution in [-0.2, 0) is 6.54 Å². The summed E-state index contributed by atoms with van der Waals surface area (Å²) in [6, 6.07) is 12.0. The number of nitrogens with one attached hydrogen (secondary N) is 2. The molecule has 1 saturated heterocycles. The van der Waals surface area contributed by atoms with Crippen LogP contribution >= 0.6 is 11.6 Å². The third-order valence-corrected chi connectivity index (χ3v) is 6.96. The first-order chi connectivity index (χ1) is 17.6. The Morgan fingerprint density at radius 1 is 1.06 bits per heavy atom. The first kappa shape index (κ1) is 22.5. The van der Waals surface area contributed by atoms with Crippen molar-refractivity contribution in [2.24, 2.45) is 5.92 Å². The van der Waals surface area contributed by atoms with Crippen molar-refractivity contribution in [3.05, 3.63) is 53.3 Å². The number of nitriles is 1. The topological polar surface area (TPSA) is 120 Å². The summed E-state index contributed by atoms with van der Waals surface area (Å²) in [4.78, 5) is 15.6. The van der Waals surface area contributed by atoms with Crippen LogP contribution in [0.3, 0.4) is 0 Å². The molecule has 36 heavy (non-hydrogen) atoms. The number of benzene rings is 1. The van der Waals surface area contributed by atoms with E-state index < -0.39 is 0 Å². The maximum atomic E-state index is 8.97. The second-order valence-corrected chi connectivity index (χ2v) is 9.76. The number of nitrogens with zero attached hydrogens (tertiary/aromatic N) is 8. The lowest BCUT2D eigenvalue weighted by atomic mass is 10.0. The molecule has 1 aliphatic heterocycles. The molecule has 0 radical (unpaired) electrons. The van der Waals surface area contributed by atoms with Gasteiger partial charge in [0.1, 0.15) is 22.4 Å². The van der Waals surface area contributed by atoms with Crippen LogP contribution in [-0.4, -0.2) is 49.1 Å². The van der Waals surface area contributed by atoms with Gasteiger partial charge < -0.3 is 15.5 Å². The predicted molar refractivity (Wildman–Crippen MR) is 138 cm³/mol. The van der Waals surface area contributed by atoms with E-state index in [1.165, 1.54) is 12.8 Å². The normalized spacial score (nSPS) is 16.2. The number of rotatable bonds is 7. The van der Waals surface area contributed by atoms with Crippen molar-refractivity contribution in [3.8, 4) is 6.07 Å². The molecule has 0 unspecified atom stereocenters. The molecule has 4 aromatic rings. The number of aromatic nitrogens is 6. The molecule has 4 heterocycles. The van der Waals surface area contributed by atoms with Gasteiger partial charge in [0.05, 0.1) is 17.3 Å². The Kier molecular flexibility index (Phi) is 5.99. The molecule has 0 amide bonds. The monoisotopic (exact) mass is 500 g/mol. The minimum Gasteiger partial charge on any atom is -0.366 e. The largest absolute Gasteiger partial charge is 0.366 e. The molecular weight excluding hydrogens is 476 g/mol. The lowest BCUT2D eigenvalue weighted by Crippen LogP contribution is -2.39. The molecule has 2 fully saturated rings. The van der Waals surface area contributed by atoms with E-state index in [9.17, 15) is 0 Å². The molecule has 0 atom stereocenters. The van der Waals surface area contributed by atoms with Crippen LogP contribution in [0, 0.1) is 17.2 Å². The summed E-state index contributed by atoms with van der Waals surface area (Å²) < 4.78 is 1.99. The van der Waals surface area contributed by atoms with E-state index in [0.29, 0.717) is 22.4 Å². The Morgan fingerprint density at radius 3 is 2.67 bits per heavy atom. The van der Waals surface area contributed by atoms with Gasteiger partial charge >= 0.3 is 0 Å². The maximum Gasteiger partial charge on any atom is 0.229 e. The molecule has 6 rings (SSSR count). The first-order valence-electron chi connectivity index (χ1n) is 12.1. The molecule has 1 saturated carbocycles. The summed E-state index contributed by atoms with van der Waals surface area (Å²) in [6.45, 7) is 2.64. The molecule has 10 nitrogen and oxygen atoms in total. The molecule has 1 aliphatic carbocycles. The summed E-state index contributed by atoms with van der Waals surface area (Å²) in [5.74, 6) is 2.70. The Bertz CT molecular complexity index is 1420. The number of hydrogen-bond donors (Lipinski definition) is 2. The van der Waals surface area contributed by atoms with Crippen LogP contribution in [0.1, 0.15) is 31.2 Å². The third-order valence-electron chi connectivity index (χ3n) is 6.68. The van der Waals surface area contributed by atoms with Crippen molar-refractivity contribution in [1.29, 1.82) is 5.26 Å². The number of pyridine rings is 1. The van der Waals surface area contributed by atoms with E-state index in [1.54, 1.807) is 18.5 Å². The number of fused-ring (bicyclic) bond motifs is 1. The highest BCUT2D eigenvalue weighted by molar-refractivity contribution is 6.32. The lowest BCUT2D eigenvalue weighted by Gasteiger charge is -2.33. The smallest absolute Gasteiger partial charge is 0.229 e. The molecule has 11 heteroatoms. The summed E-state index contributed by atoms with van der Waals surface area (Å²) in [6.07, 6.45) is 7.61. The van der Waals surface area contributed by atoms with Crippen LogP contribution in [0.5, 0.6) is 0 Å². The molecule has 0 bridgehead atoms. The maximum absolute atomic E-state index is 8.97. The highest BCUT2D eigenvalue weighted by atomic mass is 35.5. The van der Waals surface area contributed by atoms with Gasteiger partial charge in [-0.25, -0.2) is 14.6 Å². The van der Waals surface area contributed by atoms with Crippen LogP contribution in [0.4, 0.5) is 23.3 Å². The molecule has 182 valence electrons. The average molecular weight is 501 g/mol. The van der Waals surface area contributed by atoms with Gasteiger partial charge in [-0.3, -0.25) is 0 Å². The molecule has 2 aliphatic rings. The number of halogens is 1. The summed E-state index contributed by atoms with van der Waals surface area (Å²) >= 11 is 6.42. The van der Waals surface area contributed by atoms with E-state index >= 15 is 0 Å². The van der Waals surface area contributed by atoms with Crippen LogP contribution in [0.25, 0.3) is 11.0 Å². The summed E-state index contributed by atoms with van der Waals surface area (Å²) in [5, 5.41) is 24.8. The standard InChI is InChI=1S/C25H25ClN10/c26-20-14-29-25(31-19-4-5-22-21(11-19)33-34-36(22)15-16-1-2-16)32-24(20)30-18-7-9-35(10-8-18)23-6-3-17(12-27)13-28-23/h3-6,11,13-14,16,18H,1-2,7-10,15H2,(H2,29,30,31,32). The fourth-order valence-electron chi connectivity index (χ4n) is 4.47.